The molecule has 0 fully saturated rings. The normalized spacial score (nSPS) is 11.9. The van der Waals surface area contributed by atoms with Crippen molar-refractivity contribution in [2.24, 2.45) is 14.1 Å². The topological polar surface area (TPSA) is 82.9 Å². The lowest BCUT2D eigenvalue weighted by molar-refractivity contribution is 0.774. The summed E-state index contributed by atoms with van der Waals surface area (Å²) in [5.41, 5.74) is 2.10. The third kappa shape index (κ3) is 1.13. The number of hydrogen-bond donors (Lipinski definition) is 0. The highest BCUT2D eigenvalue weighted by molar-refractivity contribution is 6.03. The maximum Gasteiger partial charge on any atom is 0.264 e. The lowest BCUT2D eigenvalue weighted by Gasteiger charge is -2.06. The summed E-state index contributed by atoms with van der Waals surface area (Å²) in [7, 11) is 3.50. The first-order valence-electron chi connectivity index (χ1n) is 6.10. The lowest BCUT2D eigenvalue weighted by atomic mass is 10.2. The van der Waals surface area contributed by atoms with Crippen molar-refractivity contribution in [2.45, 2.75) is 6.92 Å². The zero-order chi connectivity index (χ0) is 14.0. The highest BCUT2D eigenvalue weighted by atomic mass is 16.1. The van der Waals surface area contributed by atoms with Gasteiger partial charge in [0.1, 0.15) is 6.33 Å². The van der Waals surface area contributed by atoms with Crippen LogP contribution >= 0.6 is 0 Å². The fourth-order valence-corrected chi connectivity index (χ4v) is 2.66. The Labute approximate surface area is 112 Å². The summed E-state index contributed by atoms with van der Waals surface area (Å²) in [6.07, 6.45) is 3.01. The summed E-state index contributed by atoms with van der Waals surface area (Å²) < 4.78 is 4.83. The maximum atomic E-state index is 12.4. The molecule has 0 aliphatic heterocycles. The molecule has 8 nitrogen and oxygen atoms in total. The van der Waals surface area contributed by atoms with Gasteiger partial charge in [-0.1, -0.05) is 0 Å². The summed E-state index contributed by atoms with van der Waals surface area (Å²) >= 11 is 0. The standard InChI is InChI=1S/C12H11N7O/c1-6-8-9-7(4-13-10(8)18(3)16-6)11(20)17(2)12-14-5-15-19(9)12/h4-5H,1-3H3. The molecule has 4 heterocycles. The van der Waals surface area contributed by atoms with Crippen molar-refractivity contribution in [2.75, 3.05) is 0 Å². The molecule has 8 heteroatoms. The minimum absolute atomic E-state index is 0.141. The second kappa shape index (κ2) is 3.41. The highest BCUT2D eigenvalue weighted by Gasteiger charge is 2.17. The molecule has 20 heavy (non-hydrogen) atoms. The van der Waals surface area contributed by atoms with Crippen molar-refractivity contribution in [3.63, 3.8) is 0 Å². The van der Waals surface area contributed by atoms with E-state index in [1.54, 1.807) is 22.4 Å². The van der Waals surface area contributed by atoms with Gasteiger partial charge in [0.15, 0.2) is 5.65 Å². The molecule has 4 aromatic heterocycles. The van der Waals surface area contributed by atoms with Crippen LogP contribution in [0.3, 0.4) is 0 Å². The van der Waals surface area contributed by atoms with Crippen LogP contribution in [-0.2, 0) is 14.1 Å². The van der Waals surface area contributed by atoms with E-state index >= 15 is 0 Å². The predicted molar refractivity (Wildman–Crippen MR) is 72.5 cm³/mol. The van der Waals surface area contributed by atoms with Gasteiger partial charge >= 0.3 is 0 Å². The van der Waals surface area contributed by atoms with Crippen molar-refractivity contribution in [3.8, 4) is 0 Å². The Kier molecular flexibility index (Phi) is 1.89. The predicted octanol–water partition coefficient (Wildman–Crippen LogP) is 0.171. The SMILES string of the molecule is Cc1nn(C)c2ncc3c(=O)n(C)c4ncnn4c3c12. The van der Waals surface area contributed by atoms with Gasteiger partial charge in [0, 0.05) is 20.3 Å². The summed E-state index contributed by atoms with van der Waals surface area (Å²) in [6, 6.07) is 0. The van der Waals surface area contributed by atoms with Gasteiger partial charge in [-0.3, -0.25) is 14.0 Å². The monoisotopic (exact) mass is 269 g/mol. The number of rotatable bonds is 0. The van der Waals surface area contributed by atoms with Crippen LogP contribution < -0.4 is 5.56 Å². The first kappa shape index (κ1) is 11.1. The van der Waals surface area contributed by atoms with Crippen LogP contribution in [0, 0.1) is 6.92 Å². The van der Waals surface area contributed by atoms with Gasteiger partial charge in [0.25, 0.3) is 5.56 Å². The Hall–Kier alpha value is -2.77. The van der Waals surface area contributed by atoms with E-state index in [1.165, 1.54) is 10.9 Å². The molecule has 0 aliphatic rings. The number of aryl methyl sites for hydroxylation is 3. The van der Waals surface area contributed by atoms with E-state index in [9.17, 15) is 4.79 Å². The largest absolute Gasteiger partial charge is 0.279 e. The van der Waals surface area contributed by atoms with Gasteiger partial charge in [0.2, 0.25) is 5.78 Å². The minimum Gasteiger partial charge on any atom is -0.279 e. The molecule has 0 atom stereocenters. The van der Waals surface area contributed by atoms with Crippen LogP contribution in [0.1, 0.15) is 5.69 Å². The average Bonchev–Trinajstić information content (AvgIpc) is 3.01. The number of hydrogen-bond acceptors (Lipinski definition) is 5. The van der Waals surface area contributed by atoms with Gasteiger partial charge in [0.05, 0.1) is 22.0 Å². The van der Waals surface area contributed by atoms with Crippen molar-refractivity contribution < 1.29 is 0 Å². The van der Waals surface area contributed by atoms with Gasteiger partial charge in [-0.05, 0) is 6.92 Å². The van der Waals surface area contributed by atoms with E-state index < -0.39 is 0 Å². The van der Waals surface area contributed by atoms with Crippen LogP contribution in [0.2, 0.25) is 0 Å². The molecule has 4 rings (SSSR count). The maximum absolute atomic E-state index is 12.4. The van der Waals surface area contributed by atoms with Crippen molar-refractivity contribution >= 4 is 27.7 Å². The fraction of sp³-hybridized carbons (Fsp3) is 0.250. The Morgan fingerprint density at radius 3 is 2.80 bits per heavy atom. The first-order valence-corrected chi connectivity index (χ1v) is 6.10. The lowest BCUT2D eigenvalue weighted by Crippen LogP contribution is -2.20. The van der Waals surface area contributed by atoms with E-state index in [-0.39, 0.29) is 5.56 Å². The second-order valence-corrected chi connectivity index (χ2v) is 4.76. The fourth-order valence-electron chi connectivity index (χ4n) is 2.66. The first-order chi connectivity index (χ1) is 9.59. The number of aromatic nitrogens is 7. The smallest absolute Gasteiger partial charge is 0.264 e. The summed E-state index contributed by atoms with van der Waals surface area (Å²) in [5.74, 6) is 0.498. The zero-order valence-electron chi connectivity index (χ0n) is 11.2. The Balaban J connectivity index is 2.48. The Morgan fingerprint density at radius 2 is 2.00 bits per heavy atom. The van der Waals surface area contributed by atoms with Gasteiger partial charge < -0.3 is 0 Å². The molecule has 4 aromatic rings. The molecule has 0 amide bonds. The molecule has 0 unspecified atom stereocenters. The van der Waals surface area contributed by atoms with E-state index in [2.05, 4.69) is 20.2 Å². The number of fused-ring (bicyclic) bond motifs is 5. The molecule has 0 saturated heterocycles. The Bertz CT molecular complexity index is 1050. The summed E-state index contributed by atoms with van der Waals surface area (Å²) in [6.45, 7) is 1.89. The quantitative estimate of drug-likeness (QED) is 0.454. The van der Waals surface area contributed by atoms with Gasteiger partial charge in [-0.15, -0.1) is 0 Å². The summed E-state index contributed by atoms with van der Waals surface area (Å²) in [5, 5.41) is 9.94. The van der Waals surface area contributed by atoms with Crippen LogP contribution in [0.25, 0.3) is 27.7 Å². The molecule has 0 radical (unpaired) electrons. The van der Waals surface area contributed by atoms with Crippen LogP contribution in [-0.4, -0.2) is 33.9 Å². The number of nitrogens with zero attached hydrogens (tertiary/aromatic N) is 7. The van der Waals surface area contributed by atoms with Crippen LogP contribution in [0.15, 0.2) is 17.3 Å². The molecule has 0 N–H and O–H groups in total. The Morgan fingerprint density at radius 1 is 1.20 bits per heavy atom. The molecule has 0 aliphatic carbocycles. The van der Waals surface area contributed by atoms with Gasteiger partial charge in [-0.2, -0.15) is 19.7 Å². The molecular formula is C12H11N7O. The van der Waals surface area contributed by atoms with E-state index in [4.69, 9.17) is 0 Å². The summed E-state index contributed by atoms with van der Waals surface area (Å²) in [4.78, 5) is 20.9. The molecule has 0 bridgehead atoms. The highest BCUT2D eigenvalue weighted by Crippen LogP contribution is 2.24. The molecule has 0 saturated carbocycles. The number of pyridine rings is 1. The third-order valence-electron chi connectivity index (χ3n) is 3.58. The molecular weight excluding hydrogens is 258 g/mol. The van der Waals surface area contributed by atoms with Crippen molar-refractivity contribution in [3.05, 3.63) is 28.6 Å². The zero-order valence-corrected chi connectivity index (χ0v) is 11.2. The molecule has 0 spiro atoms. The second-order valence-electron chi connectivity index (χ2n) is 4.76. The van der Waals surface area contributed by atoms with Crippen molar-refractivity contribution in [1.82, 2.24) is 33.9 Å². The van der Waals surface area contributed by atoms with Crippen LogP contribution in [0.4, 0.5) is 0 Å². The van der Waals surface area contributed by atoms with Gasteiger partial charge in [-0.25, -0.2) is 4.98 Å². The minimum atomic E-state index is -0.141. The van der Waals surface area contributed by atoms with E-state index in [0.29, 0.717) is 16.7 Å². The van der Waals surface area contributed by atoms with Crippen LogP contribution in [0.5, 0.6) is 0 Å². The molecule has 100 valence electrons. The molecule has 0 aromatic carbocycles. The van der Waals surface area contributed by atoms with Crippen molar-refractivity contribution in [1.29, 1.82) is 0 Å². The van der Waals surface area contributed by atoms with E-state index in [1.807, 2.05) is 14.0 Å². The van der Waals surface area contributed by atoms with E-state index in [0.717, 1.165) is 16.7 Å². The average molecular weight is 269 g/mol. The third-order valence-corrected chi connectivity index (χ3v) is 3.58.